The van der Waals surface area contributed by atoms with E-state index in [-0.39, 0.29) is 11.6 Å². The predicted octanol–water partition coefficient (Wildman–Crippen LogP) is 2.90. The van der Waals surface area contributed by atoms with Crippen LogP contribution in [0, 0.1) is 11.8 Å². The van der Waals surface area contributed by atoms with Crippen molar-refractivity contribution in [3.8, 4) is 11.8 Å². The number of aliphatic hydroxyl groups is 1. The van der Waals surface area contributed by atoms with Crippen LogP contribution in [0.1, 0.15) is 47.5 Å². The smallest absolute Gasteiger partial charge is 0.181 e. The third-order valence-corrected chi connectivity index (χ3v) is 3.78. The Morgan fingerprint density at radius 1 is 1.33 bits per heavy atom. The van der Waals surface area contributed by atoms with E-state index >= 15 is 0 Å². The molecule has 3 nitrogen and oxygen atoms in total. The third-order valence-electron chi connectivity index (χ3n) is 3.78. The summed E-state index contributed by atoms with van der Waals surface area (Å²) in [5.74, 6) is 5.85. The maximum absolute atomic E-state index is 11.7. The zero-order valence-corrected chi connectivity index (χ0v) is 13.3. The molecular formula is C18H22O3. The number of rotatable bonds is 3. The molecule has 3 heteroatoms. The highest BCUT2D eigenvalue weighted by atomic mass is 16.3. The second-order valence-corrected chi connectivity index (χ2v) is 5.53. The number of carbonyl (C=O) groups excluding carboxylic acids is 2. The van der Waals surface area contributed by atoms with Gasteiger partial charge in [0.15, 0.2) is 11.4 Å². The summed E-state index contributed by atoms with van der Waals surface area (Å²) < 4.78 is 0. The van der Waals surface area contributed by atoms with Crippen LogP contribution in [0.2, 0.25) is 0 Å². The van der Waals surface area contributed by atoms with Crippen molar-refractivity contribution < 1.29 is 14.7 Å². The monoisotopic (exact) mass is 286 g/mol. The van der Waals surface area contributed by atoms with Gasteiger partial charge < -0.3 is 9.90 Å². The molecular weight excluding hydrogens is 264 g/mol. The summed E-state index contributed by atoms with van der Waals surface area (Å²) in [6.45, 7) is 8.53. The lowest BCUT2D eigenvalue weighted by atomic mass is 9.79. The summed E-state index contributed by atoms with van der Waals surface area (Å²) in [5, 5.41) is 10.7. The molecule has 1 aliphatic rings. The van der Waals surface area contributed by atoms with E-state index in [1.165, 1.54) is 6.08 Å². The van der Waals surface area contributed by atoms with Crippen molar-refractivity contribution in [2.45, 2.75) is 53.1 Å². The van der Waals surface area contributed by atoms with Crippen LogP contribution in [0.4, 0.5) is 0 Å². The average Bonchev–Trinajstić information content (AvgIpc) is 2.41. The first-order valence-corrected chi connectivity index (χ1v) is 7.01. The fraction of sp³-hybridized carbons (Fsp3) is 0.444. The van der Waals surface area contributed by atoms with Crippen LogP contribution >= 0.6 is 0 Å². The molecule has 0 bridgehead atoms. The molecule has 0 aromatic carbocycles. The number of allylic oxidation sites excluding steroid dienone is 4. The molecule has 0 aromatic rings. The highest BCUT2D eigenvalue weighted by Crippen LogP contribution is 2.32. The zero-order valence-electron chi connectivity index (χ0n) is 13.3. The molecule has 0 fully saturated rings. The van der Waals surface area contributed by atoms with Crippen molar-refractivity contribution in [1.29, 1.82) is 0 Å². The number of carbonyl (C=O) groups is 2. The first-order valence-electron chi connectivity index (χ1n) is 7.01. The molecule has 0 amide bonds. The zero-order chi connectivity index (χ0) is 16.2. The minimum atomic E-state index is -1.38. The first kappa shape index (κ1) is 17.1. The van der Waals surface area contributed by atoms with Crippen molar-refractivity contribution in [2.75, 3.05) is 0 Å². The van der Waals surface area contributed by atoms with Gasteiger partial charge in [-0.3, -0.25) is 4.79 Å². The average molecular weight is 286 g/mol. The quantitative estimate of drug-likeness (QED) is 0.812. The fourth-order valence-corrected chi connectivity index (χ4v) is 2.09. The van der Waals surface area contributed by atoms with Gasteiger partial charge in [0, 0.05) is 6.42 Å². The summed E-state index contributed by atoms with van der Waals surface area (Å²) in [6, 6.07) is 0. The SMILES string of the molecule is CC(=O)CCC=C(C)C#CC1(O)C(C)=CC(=O)C(C)=C1C. The van der Waals surface area contributed by atoms with E-state index in [0.29, 0.717) is 29.6 Å². The maximum Gasteiger partial charge on any atom is 0.181 e. The molecule has 0 saturated heterocycles. The van der Waals surface area contributed by atoms with Crippen LogP contribution in [-0.4, -0.2) is 22.3 Å². The summed E-state index contributed by atoms with van der Waals surface area (Å²) in [4.78, 5) is 22.6. The van der Waals surface area contributed by atoms with Gasteiger partial charge in [-0.2, -0.15) is 0 Å². The molecule has 0 radical (unpaired) electrons. The van der Waals surface area contributed by atoms with Gasteiger partial charge in [0.1, 0.15) is 5.78 Å². The fourth-order valence-electron chi connectivity index (χ4n) is 2.09. The molecule has 0 saturated carbocycles. The Bertz CT molecular complexity index is 621. The molecule has 1 aliphatic carbocycles. The summed E-state index contributed by atoms with van der Waals surface area (Å²) in [6.07, 6.45) is 4.46. The van der Waals surface area contributed by atoms with Crippen LogP contribution < -0.4 is 0 Å². The Morgan fingerprint density at radius 2 is 1.95 bits per heavy atom. The highest BCUT2D eigenvalue weighted by molar-refractivity contribution is 6.06. The van der Waals surface area contributed by atoms with Crippen molar-refractivity contribution in [2.24, 2.45) is 0 Å². The van der Waals surface area contributed by atoms with Crippen molar-refractivity contribution in [1.82, 2.24) is 0 Å². The minimum absolute atomic E-state index is 0.0785. The van der Waals surface area contributed by atoms with Gasteiger partial charge in [-0.25, -0.2) is 0 Å². The van der Waals surface area contributed by atoms with Gasteiger partial charge in [0.05, 0.1) is 0 Å². The van der Waals surface area contributed by atoms with Crippen LogP contribution in [-0.2, 0) is 9.59 Å². The summed E-state index contributed by atoms with van der Waals surface area (Å²) in [7, 11) is 0. The van der Waals surface area contributed by atoms with E-state index in [4.69, 9.17) is 0 Å². The first-order chi connectivity index (χ1) is 9.68. The molecule has 1 unspecified atom stereocenters. The predicted molar refractivity (Wildman–Crippen MR) is 83.5 cm³/mol. The lowest BCUT2D eigenvalue weighted by Crippen LogP contribution is -2.34. The van der Waals surface area contributed by atoms with Crippen molar-refractivity contribution in [3.63, 3.8) is 0 Å². The largest absolute Gasteiger partial charge is 0.370 e. The molecule has 0 heterocycles. The van der Waals surface area contributed by atoms with E-state index < -0.39 is 5.60 Å². The van der Waals surface area contributed by atoms with Gasteiger partial charge in [-0.05, 0) is 69.4 Å². The van der Waals surface area contributed by atoms with Crippen LogP contribution in [0.5, 0.6) is 0 Å². The normalized spacial score (nSPS) is 22.7. The number of hydrogen-bond acceptors (Lipinski definition) is 3. The molecule has 0 aliphatic heterocycles. The maximum atomic E-state index is 11.7. The molecule has 112 valence electrons. The van der Waals surface area contributed by atoms with E-state index in [1.54, 1.807) is 27.7 Å². The topological polar surface area (TPSA) is 54.4 Å². The second-order valence-electron chi connectivity index (χ2n) is 5.53. The highest BCUT2D eigenvalue weighted by Gasteiger charge is 2.35. The van der Waals surface area contributed by atoms with E-state index in [2.05, 4.69) is 11.8 Å². The molecule has 0 spiro atoms. The molecule has 0 aromatic heterocycles. The Labute approximate surface area is 126 Å². The molecule has 1 rings (SSSR count). The number of hydrogen-bond donors (Lipinski definition) is 1. The lowest BCUT2D eigenvalue weighted by Gasteiger charge is -2.29. The van der Waals surface area contributed by atoms with Gasteiger partial charge in [0.25, 0.3) is 0 Å². The Kier molecular flexibility index (Phi) is 5.46. The molecule has 1 N–H and O–H groups in total. The summed E-state index contributed by atoms with van der Waals surface area (Å²) >= 11 is 0. The van der Waals surface area contributed by atoms with Crippen molar-refractivity contribution in [3.05, 3.63) is 34.4 Å². The van der Waals surface area contributed by atoms with Crippen LogP contribution in [0.3, 0.4) is 0 Å². The third kappa shape index (κ3) is 4.03. The Balaban J connectivity index is 3.01. The Morgan fingerprint density at radius 3 is 2.52 bits per heavy atom. The van der Waals surface area contributed by atoms with Crippen molar-refractivity contribution >= 4 is 11.6 Å². The van der Waals surface area contributed by atoms with E-state index in [9.17, 15) is 14.7 Å². The van der Waals surface area contributed by atoms with Gasteiger partial charge in [-0.1, -0.05) is 17.9 Å². The minimum Gasteiger partial charge on any atom is -0.370 e. The van der Waals surface area contributed by atoms with E-state index in [0.717, 1.165) is 5.57 Å². The number of ketones is 2. The Hall–Kier alpha value is -1.92. The molecule has 1 atom stereocenters. The molecule has 21 heavy (non-hydrogen) atoms. The number of Topliss-reactive ketones (excluding diaryl/α,β-unsaturated/α-hetero) is 1. The summed E-state index contributed by atoms with van der Waals surface area (Å²) in [5.41, 5.74) is 1.08. The lowest BCUT2D eigenvalue weighted by molar-refractivity contribution is -0.117. The van der Waals surface area contributed by atoms with Crippen LogP contribution in [0.15, 0.2) is 34.4 Å². The van der Waals surface area contributed by atoms with Crippen LogP contribution in [0.25, 0.3) is 0 Å². The standard InChI is InChI=1S/C18H22O3/c1-12(7-6-8-14(3)19)9-10-18(21)13(2)11-17(20)15(4)16(18)5/h7,11,21H,6,8H2,1-5H3. The van der Waals surface area contributed by atoms with Gasteiger partial charge in [0.2, 0.25) is 0 Å². The van der Waals surface area contributed by atoms with Gasteiger partial charge >= 0.3 is 0 Å². The van der Waals surface area contributed by atoms with E-state index in [1.807, 2.05) is 13.0 Å². The van der Waals surface area contributed by atoms with Gasteiger partial charge in [-0.15, -0.1) is 0 Å². The second kappa shape index (κ2) is 6.69.